The molecule has 0 aliphatic rings. The van der Waals surface area contributed by atoms with Crippen LogP contribution in [0, 0.1) is 0 Å². The van der Waals surface area contributed by atoms with E-state index in [0.29, 0.717) is 0 Å². The van der Waals surface area contributed by atoms with Crippen LogP contribution in [-0.4, -0.2) is 60.8 Å². The number of esters is 1. The lowest BCUT2D eigenvalue weighted by Gasteiger charge is -2.33. The Morgan fingerprint density at radius 1 is 1.00 bits per heavy atom. The fourth-order valence-electron chi connectivity index (χ4n) is 1.75. The lowest BCUT2D eigenvalue weighted by atomic mass is 10.2. The molecule has 0 aliphatic heterocycles. The van der Waals surface area contributed by atoms with Crippen molar-refractivity contribution in [1.29, 1.82) is 0 Å². The molecule has 2 N–H and O–H groups in total. The molecule has 0 saturated carbocycles. The lowest BCUT2D eigenvalue weighted by molar-refractivity contribution is -0.348. The molecule has 0 radical (unpaired) electrons. The molecule has 0 fully saturated rings. The quantitative estimate of drug-likeness (QED) is 0.106. The van der Waals surface area contributed by atoms with Gasteiger partial charge in [0.25, 0.3) is 0 Å². The van der Waals surface area contributed by atoms with Crippen molar-refractivity contribution in [2.45, 2.75) is 42.2 Å². The molecule has 0 rings (SSSR count). The molecular weight excluding hydrogens is 516 g/mol. The Hall–Kier alpha value is -2.41. The van der Waals surface area contributed by atoms with Gasteiger partial charge in [-0.3, -0.25) is 9.35 Å². The van der Waals surface area contributed by atoms with E-state index in [9.17, 15) is 61.9 Å². The second-order valence-corrected chi connectivity index (χ2v) is 7.27. The van der Waals surface area contributed by atoms with Gasteiger partial charge < -0.3 is 14.8 Å². The first-order valence-corrected chi connectivity index (χ1v) is 9.26. The summed E-state index contributed by atoms with van der Waals surface area (Å²) in [5.74, 6) is -15.9. The fourth-order valence-corrected chi connectivity index (χ4v) is 2.23. The molecule has 0 aromatic heterocycles. The third kappa shape index (κ3) is 6.79. The van der Waals surface area contributed by atoms with Gasteiger partial charge in [-0.05, 0) is 12.6 Å². The Morgan fingerprint density at radius 2 is 1.48 bits per heavy atom. The zero-order chi connectivity index (χ0) is 26.7. The van der Waals surface area contributed by atoms with Crippen LogP contribution in [0.2, 0.25) is 0 Å². The van der Waals surface area contributed by atoms with E-state index in [1.165, 1.54) is 5.32 Å². The summed E-state index contributed by atoms with van der Waals surface area (Å²) in [5, 5.41) is -4.90. The van der Waals surface area contributed by atoms with Crippen molar-refractivity contribution in [3.05, 3.63) is 24.9 Å². The number of hydrogen-bond acceptors (Lipinski definition) is 6. The van der Waals surface area contributed by atoms with Crippen LogP contribution in [0.25, 0.3) is 0 Å². The molecule has 0 bridgehead atoms. The summed E-state index contributed by atoms with van der Waals surface area (Å²) in [6.07, 6.45) is -15.5. The van der Waals surface area contributed by atoms with E-state index < -0.39 is 76.3 Å². The van der Waals surface area contributed by atoms with Crippen molar-refractivity contribution in [1.82, 2.24) is 5.32 Å². The summed E-state index contributed by atoms with van der Waals surface area (Å²) in [6, 6.07) is 0. The third-order valence-electron chi connectivity index (χ3n) is 3.42. The van der Waals surface area contributed by atoms with Gasteiger partial charge in [-0.1, -0.05) is 13.2 Å². The molecule has 0 spiro atoms. The first kappa shape index (κ1) is 30.6. The molecule has 192 valence electrons. The van der Waals surface area contributed by atoms with Gasteiger partial charge in [-0.25, -0.2) is 4.79 Å². The van der Waals surface area contributed by atoms with Crippen molar-refractivity contribution >= 4 is 22.0 Å². The minimum Gasteiger partial charge on any atom is -0.412 e. The van der Waals surface area contributed by atoms with Crippen LogP contribution in [0.15, 0.2) is 24.9 Å². The van der Waals surface area contributed by atoms with E-state index >= 15 is 0 Å². The highest BCUT2D eigenvalue weighted by atomic mass is 32.2. The second-order valence-electron chi connectivity index (χ2n) is 5.81. The molecule has 1 unspecified atom stereocenters. The van der Waals surface area contributed by atoms with Gasteiger partial charge >= 0.3 is 51.3 Å². The van der Waals surface area contributed by atoms with Gasteiger partial charge in [-0.2, -0.15) is 52.3 Å². The van der Waals surface area contributed by atoms with Gasteiger partial charge in [0.15, 0.2) is 0 Å². The Bertz CT molecular complexity index is 882. The van der Waals surface area contributed by atoms with Crippen LogP contribution in [-0.2, 0) is 29.2 Å². The maximum atomic E-state index is 13.5. The summed E-state index contributed by atoms with van der Waals surface area (Å²) < 4.78 is 167. The first-order valence-electron chi connectivity index (χ1n) is 7.82. The zero-order valence-corrected chi connectivity index (χ0v) is 16.5. The van der Waals surface area contributed by atoms with Gasteiger partial charge in [0.2, 0.25) is 0 Å². The molecule has 0 saturated heterocycles. The Morgan fingerprint density at radius 3 is 1.85 bits per heavy atom. The third-order valence-corrected chi connectivity index (χ3v) is 4.37. The van der Waals surface area contributed by atoms with Crippen LogP contribution in [0.5, 0.6) is 0 Å². The van der Waals surface area contributed by atoms with E-state index in [1.807, 2.05) is 0 Å². The normalized spacial score (nSPS) is 15.4. The summed E-state index contributed by atoms with van der Waals surface area (Å²) in [5.41, 5.74) is -2.54. The van der Waals surface area contributed by atoms with E-state index in [4.69, 9.17) is 4.55 Å². The monoisotopic (exact) mass is 529 g/mol. The molecule has 1 amide bonds. The van der Waals surface area contributed by atoms with Crippen molar-refractivity contribution < 1.29 is 75.9 Å². The molecular formula is C14H13F10NO7S. The summed E-state index contributed by atoms with van der Waals surface area (Å²) in [4.78, 5) is 23.3. The zero-order valence-electron chi connectivity index (χ0n) is 15.7. The number of amides is 1. The number of nitrogens with one attached hydrogen (secondary N) is 1. The van der Waals surface area contributed by atoms with Gasteiger partial charge in [-0.15, -0.1) is 0 Å². The molecule has 0 aliphatic carbocycles. The van der Waals surface area contributed by atoms with E-state index in [0.717, 1.165) is 0 Å². The molecule has 0 aromatic rings. The molecule has 0 aromatic carbocycles. The van der Waals surface area contributed by atoms with E-state index in [-0.39, 0.29) is 6.20 Å². The Kier molecular flexibility index (Phi) is 9.12. The van der Waals surface area contributed by atoms with Gasteiger partial charge in [0, 0.05) is 6.42 Å². The lowest BCUT2D eigenvalue weighted by Crippen LogP contribution is -2.61. The molecule has 0 heterocycles. The fraction of sp³-hybridized carbons (Fsp3) is 0.571. The van der Waals surface area contributed by atoms with Crippen molar-refractivity contribution in [2.24, 2.45) is 0 Å². The van der Waals surface area contributed by atoms with Crippen LogP contribution in [0.4, 0.5) is 43.9 Å². The topological polar surface area (TPSA) is 119 Å². The molecule has 1 atom stereocenters. The highest BCUT2D eigenvalue weighted by Crippen LogP contribution is 2.42. The number of hydrogen-bond donors (Lipinski definition) is 2. The predicted molar refractivity (Wildman–Crippen MR) is 85.0 cm³/mol. The Labute approximate surface area is 177 Å². The van der Waals surface area contributed by atoms with Gasteiger partial charge in [0.1, 0.15) is 5.57 Å². The average Bonchev–Trinajstić information content (AvgIpc) is 2.60. The molecule has 19 heteroatoms. The highest BCUT2D eigenvalue weighted by Gasteiger charge is 2.67. The number of alkyl halides is 10. The second kappa shape index (κ2) is 9.84. The van der Waals surface area contributed by atoms with Crippen LogP contribution in [0.1, 0.15) is 12.8 Å². The average molecular weight is 529 g/mol. The Balaban J connectivity index is 5.92. The minimum absolute atomic E-state index is 0.236. The minimum atomic E-state index is -6.67. The van der Waals surface area contributed by atoms with E-state index in [1.54, 1.807) is 0 Å². The first-order chi connectivity index (χ1) is 14.5. The van der Waals surface area contributed by atoms with Gasteiger partial charge in [0.05, 0.1) is 6.61 Å². The number of halogens is 10. The predicted octanol–water partition coefficient (Wildman–Crippen LogP) is 3.08. The maximum Gasteiger partial charge on any atom is 0.466 e. The van der Waals surface area contributed by atoms with Crippen LogP contribution >= 0.6 is 0 Å². The summed E-state index contributed by atoms with van der Waals surface area (Å²) in [7, 11) is -6.67. The number of carbonyl (C=O) groups is 2. The molecule has 8 nitrogen and oxygen atoms in total. The van der Waals surface area contributed by atoms with Crippen LogP contribution in [0.3, 0.4) is 0 Å². The summed E-state index contributed by atoms with van der Waals surface area (Å²) in [6.45, 7) is 3.09. The van der Waals surface area contributed by atoms with E-state index in [2.05, 4.69) is 22.6 Å². The molecule has 33 heavy (non-hydrogen) atoms. The highest BCUT2D eigenvalue weighted by molar-refractivity contribution is 7.87. The van der Waals surface area contributed by atoms with Crippen molar-refractivity contribution in [2.75, 3.05) is 6.61 Å². The summed E-state index contributed by atoms with van der Waals surface area (Å²) >= 11 is 0. The largest absolute Gasteiger partial charge is 0.466 e. The number of ether oxygens (including phenoxy) is 2. The standard InChI is InChI=1S/C14H13F10NO7S/c1-3-25-9(27)11(13(20,21)22,32-8(26)7(2)12(17,18)19)31-6-4-5-10(15,16)14(23,24)33(28,29)30/h3H,1-2,4-6H2,(H,25,27)(H,28,29,30). The number of rotatable bonds is 11. The SMILES string of the molecule is C=CNC(=O)C(OCCCC(F)(F)C(F)(F)S(=O)(=O)O)(OC(=O)C(=C)C(F)(F)F)C(F)(F)F. The number of carbonyl (C=O) groups excluding carboxylic acids is 2. The smallest absolute Gasteiger partial charge is 0.412 e. The maximum absolute atomic E-state index is 13.5. The van der Waals surface area contributed by atoms with Crippen LogP contribution < -0.4 is 5.32 Å². The van der Waals surface area contributed by atoms with Crippen molar-refractivity contribution in [3.8, 4) is 0 Å². The van der Waals surface area contributed by atoms with Crippen molar-refractivity contribution in [3.63, 3.8) is 0 Å².